The van der Waals surface area contributed by atoms with Crippen LogP contribution in [0.2, 0.25) is 0 Å². The van der Waals surface area contributed by atoms with E-state index >= 15 is 0 Å². The summed E-state index contributed by atoms with van der Waals surface area (Å²) < 4.78 is 5.66. The first-order valence-corrected chi connectivity index (χ1v) is 10.1. The van der Waals surface area contributed by atoms with Crippen molar-refractivity contribution in [3.63, 3.8) is 0 Å². The van der Waals surface area contributed by atoms with Crippen molar-refractivity contribution in [2.75, 3.05) is 26.7 Å². The van der Waals surface area contributed by atoms with Crippen LogP contribution in [0.3, 0.4) is 0 Å². The molecule has 138 valence electrons. The summed E-state index contributed by atoms with van der Waals surface area (Å²) >= 11 is 1.56. The predicted molar refractivity (Wildman–Crippen MR) is 103 cm³/mol. The van der Waals surface area contributed by atoms with E-state index in [1.165, 1.54) is 6.42 Å². The van der Waals surface area contributed by atoms with Gasteiger partial charge in [0.1, 0.15) is 4.88 Å². The van der Waals surface area contributed by atoms with Crippen molar-refractivity contribution in [2.24, 2.45) is 0 Å². The van der Waals surface area contributed by atoms with Gasteiger partial charge in [-0.15, -0.1) is 11.3 Å². The van der Waals surface area contributed by atoms with Gasteiger partial charge in [-0.2, -0.15) is 0 Å². The van der Waals surface area contributed by atoms with Crippen LogP contribution in [-0.4, -0.2) is 42.5 Å². The van der Waals surface area contributed by atoms with Gasteiger partial charge in [0.25, 0.3) is 5.91 Å². The van der Waals surface area contributed by atoms with Crippen molar-refractivity contribution in [1.82, 2.24) is 15.2 Å². The normalized spacial score (nSPS) is 23.5. The van der Waals surface area contributed by atoms with Crippen molar-refractivity contribution in [3.05, 3.63) is 51.0 Å². The van der Waals surface area contributed by atoms with Crippen LogP contribution in [0.4, 0.5) is 0 Å². The summed E-state index contributed by atoms with van der Waals surface area (Å²) in [4.78, 5) is 20.7. The highest BCUT2D eigenvalue weighted by atomic mass is 32.1. The van der Waals surface area contributed by atoms with Crippen LogP contribution in [0, 0.1) is 6.92 Å². The number of ether oxygens (including phenoxy) is 1. The molecule has 0 aliphatic carbocycles. The quantitative estimate of drug-likeness (QED) is 0.900. The van der Waals surface area contributed by atoms with Gasteiger partial charge in [0.15, 0.2) is 0 Å². The maximum atomic E-state index is 12.9. The maximum Gasteiger partial charge on any atom is 0.263 e. The summed E-state index contributed by atoms with van der Waals surface area (Å²) in [7, 11) is 2.15. The summed E-state index contributed by atoms with van der Waals surface area (Å²) in [6.07, 6.45) is 2.35. The fraction of sp³-hybridized carbons (Fsp3) is 0.500. The molecule has 2 unspecified atom stereocenters. The number of likely N-dealkylation sites (N-methyl/N-ethyl adjacent to an activating group) is 1. The molecule has 2 aliphatic heterocycles. The zero-order valence-electron chi connectivity index (χ0n) is 15.3. The average Bonchev–Trinajstić information content (AvgIpc) is 3.04. The molecule has 3 heterocycles. The number of aromatic nitrogens is 1. The van der Waals surface area contributed by atoms with Gasteiger partial charge < -0.3 is 15.0 Å². The SMILES string of the molecule is Cc1nc(C2CCCN(C)C2)sc1C(=O)NC1COCc2ccccc21. The largest absolute Gasteiger partial charge is 0.374 e. The first-order valence-electron chi connectivity index (χ1n) is 9.24. The molecule has 1 saturated heterocycles. The molecule has 1 amide bonds. The number of carbonyl (C=O) groups is 1. The number of nitrogens with one attached hydrogen (secondary N) is 1. The van der Waals surface area contributed by atoms with Crippen LogP contribution in [0.15, 0.2) is 24.3 Å². The van der Waals surface area contributed by atoms with Crippen molar-refractivity contribution in [1.29, 1.82) is 0 Å². The summed E-state index contributed by atoms with van der Waals surface area (Å²) in [5.74, 6) is 0.401. The fourth-order valence-electron chi connectivity index (χ4n) is 3.90. The van der Waals surface area contributed by atoms with Gasteiger partial charge in [0.05, 0.1) is 30.0 Å². The Hall–Kier alpha value is -1.76. The zero-order valence-corrected chi connectivity index (χ0v) is 16.1. The van der Waals surface area contributed by atoms with E-state index in [-0.39, 0.29) is 11.9 Å². The number of fused-ring (bicyclic) bond motifs is 1. The number of likely N-dealkylation sites (tertiary alicyclic amines) is 1. The molecule has 2 aliphatic rings. The molecule has 0 radical (unpaired) electrons. The van der Waals surface area contributed by atoms with Crippen molar-refractivity contribution in [2.45, 2.75) is 38.3 Å². The lowest BCUT2D eigenvalue weighted by molar-refractivity contribution is 0.0710. The number of rotatable bonds is 3. The summed E-state index contributed by atoms with van der Waals surface area (Å²) in [5.41, 5.74) is 3.14. The van der Waals surface area contributed by atoms with E-state index in [0.717, 1.165) is 46.2 Å². The maximum absolute atomic E-state index is 12.9. The van der Waals surface area contributed by atoms with E-state index in [9.17, 15) is 4.79 Å². The molecular weight excluding hydrogens is 346 g/mol. The van der Waals surface area contributed by atoms with Crippen molar-refractivity contribution >= 4 is 17.2 Å². The molecule has 0 saturated carbocycles. The van der Waals surface area contributed by atoms with E-state index < -0.39 is 0 Å². The minimum atomic E-state index is -0.0989. The van der Waals surface area contributed by atoms with Gasteiger partial charge in [0, 0.05) is 12.5 Å². The molecule has 1 aromatic carbocycles. The Bertz CT molecular complexity index is 804. The number of nitrogens with zero attached hydrogens (tertiary/aromatic N) is 2. The van der Waals surface area contributed by atoms with Gasteiger partial charge in [-0.05, 0) is 44.5 Å². The van der Waals surface area contributed by atoms with E-state index in [4.69, 9.17) is 9.72 Å². The molecule has 6 heteroatoms. The molecule has 0 spiro atoms. The molecule has 5 nitrogen and oxygen atoms in total. The molecule has 1 fully saturated rings. The predicted octanol–water partition coefficient (Wildman–Crippen LogP) is 3.26. The summed E-state index contributed by atoms with van der Waals surface area (Å²) in [5, 5.41) is 4.25. The third kappa shape index (κ3) is 3.54. The highest BCUT2D eigenvalue weighted by Crippen LogP contribution is 2.32. The third-order valence-corrected chi connectivity index (χ3v) is 6.59. The smallest absolute Gasteiger partial charge is 0.263 e. The summed E-state index contributed by atoms with van der Waals surface area (Å²) in [6, 6.07) is 8.05. The number of hydrogen-bond acceptors (Lipinski definition) is 5. The second-order valence-corrected chi connectivity index (χ2v) is 8.34. The molecule has 26 heavy (non-hydrogen) atoms. The lowest BCUT2D eigenvalue weighted by atomic mass is 9.99. The number of carbonyl (C=O) groups excluding carboxylic acids is 1. The number of benzene rings is 1. The lowest BCUT2D eigenvalue weighted by Gasteiger charge is -2.28. The van der Waals surface area contributed by atoms with Gasteiger partial charge >= 0.3 is 0 Å². The Morgan fingerprint density at radius 2 is 2.23 bits per heavy atom. The topological polar surface area (TPSA) is 54.5 Å². The van der Waals surface area contributed by atoms with Crippen molar-refractivity contribution in [3.8, 4) is 0 Å². The Balaban J connectivity index is 1.51. The highest BCUT2D eigenvalue weighted by molar-refractivity contribution is 7.13. The van der Waals surface area contributed by atoms with Gasteiger partial charge in [-0.3, -0.25) is 4.79 Å². The van der Waals surface area contributed by atoms with Crippen LogP contribution in [0.5, 0.6) is 0 Å². The Labute approximate surface area is 158 Å². The average molecular weight is 372 g/mol. The molecule has 0 bridgehead atoms. The minimum Gasteiger partial charge on any atom is -0.374 e. The Morgan fingerprint density at radius 1 is 1.38 bits per heavy atom. The Morgan fingerprint density at radius 3 is 3.08 bits per heavy atom. The molecule has 2 aromatic rings. The molecule has 2 atom stereocenters. The van der Waals surface area contributed by atoms with E-state index in [0.29, 0.717) is 19.1 Å². The first-order chi connectivity index (χ1) is 12.6. The van der Waals surface area contributed by atoms with Crippen LogP contribution in [-0.2, 0) is 11.3 Å². The van der Waals surface area contributed by atoms with Gasteiger partial charge in [-0.25, -0.2) is 4.98 Å². The fourth-order valence-corrected chi connectivity index (χ4v) is 4.99. The molecule has 1 N–H and O–H groups in total. The van der Waals surface area contributed by atoms with Crippen molar-refractivity contribution < 1.29 is 9.53 Å². The summed E-state index contributed by atoms with van der Waals surface area (Å²) in [6.45, 7) is 5.24. The van der Waals surface area contributed by atoms with Crippen LogP contribution in [0.25, 0.3) is 0 Å². The van der Waals surface area contributed by atoms with E-state index in [2.05, 4.69) is 29.4 Å². The van der Waals surface area contributed by atoms with Crippen LogP contribution in [0.1, 0.15) is 56.3 Å². The zero-order chi connectivity index (χ0) is 18.1. The van der Waals surface area contributed by atoms with Gasteiger partial charge in [-0.1, -0.05) is 24.3 Å². The lowest BCUT2D eigenvalue weighted by Crippen LogP contribution is -2.34. The standard InChI is InChI=1S/C20H25N3O2S/c1-13-18(26-20(21-13)14-7-5-9-23(2)10-14)19(24)22-17-12-25-11-15-6-3-4-8-16(15)17/h3-4,6,8,14,17H,5,7,9-12H2,1-2H3,(H,22,24). The Kier molecular flexibility index (Phi) is 5.07. The first kappa shape index (κ1) is 17.6. The number of piperidine rings is 1. The highest BCUT2D eigenvalue weighted by Gasteiger charge is 2.27. The molecular formula is C20H25N3O2S. The van der Waals surface area contributed by atoms with E-state index in [1.807, 2.05) is 19.1 Å². The molecule has 4 rings (SSSR count). The monoisotopic (exact) mass is 371 g/mol. The molecule has 1 aromatic heterocycles. The van der Waals surface area contributed by atoms with Crippen LogP contribution >= 0.6 is 11.3 Å². The van der Waals surface area contributed by atoms with E-state index in [1.54, 1.807) is 11.3 Å². The number of hydrogen-bond donors (Lipinski definition) is 1. The minimum absolute atomic E-state index is 0.0410. The second-order valence-electron chi connectivity index (χ2n) is 7.31. The van der Waals surface area contributed by atoms with Crippen LogP contribution < -0.4 is 5.32 Å². The second kappa shape index (κ2) is 7.47. The number of amides is 1. The number of thiazole rings is 1. The van der Waals surface area contributed by atoms with Gasteiger partial charge in [0.2, 0.25) is 0 Å². The number of aryl methyl sites for hydroxylation is 1. The third-order valence-electron chi connectivity index (χ3n) is 5.27.